The second-order valence-corrected chi connectivity index (χ2v) is 18.4. The quantitative estimate of drug-likeness (QED) is 0.168. The molecule has 0 heteroatoms. The topological polar surface area (TPSA) is 0 Å². The zero-order valence-corrected chi connectivity index (χ0v) is 37.6. The Morgan fingerprint density at radius 3 is 0.862 bits per heavy atom. The lowest BCUT2D eigenvalue weighted by molar-refractivity contribution is 0.259. The molecule has 0 aliphatic heterocycles. The molecule has 6 aromatic carbocycles. The lowest BCUT2D eigenvalue weighted by Gasteiger charge is -2.26. The fraction of sp³-hybridized carbons (Fsp3) is 0.379. The summed E-state index contributed by atoms with van der Waals surface area (Å²) in [5.74, 6) is 4.80. The predicted octanol–water partition coefficient (Wildman–Crippen LogP) is 16.0. The molecule has 0 aromatic heterocycles. The van der Waals surface area contributed by atoms with Crippen LogP contribution in [0.5, 0.6) is 0 Å². The van der Waals surface area contributed by atoms with Crippen LogP contribution in [0.4, 0.5) is 0 Å². The van der Waals surface area contributed by atoms with Gasteiger partial charge in [-0.25, -0.2) is 0 Å². The van der Waals surface area contributed by atoms with Crippen molar-refractivity contribution in [2.24, 2.45) is 23.7 Å². The van der Waals surface area contributed by atoms with Gasteiger partial charge in [-0.05, 0) is 140 Å². The number of hydrogen-bond donors (Lipinski definition) is 0. The van der Waals surface area contributed by atoms with E-state index in [1.165, 1.54) is 90.4 Å². The van der Waals surface area contributed by atoms with Crippen LogP contribution in [0.15, 0.2) is 146 Å². The molecule has 4 unspecified atom stereocenters. The highest BCUT2D eigenvalue weighted by molar-refractivity contribution is 5.39. The zero-order valence-electron chi connectivity index (χ0n) is 37.6. The van der Waals surface area contributed by atoms with E-state index in [0.29, 0.717) is 0 Å². The van der Waals surface area contributed by atoms with Crippen molar-refractivity contribution >= 4 is 0 Å². The van der Waals surface area contributed by atoms with Crippen molar-refractivity contribution in [2.75, 3.05) is 0 Å². The predicted molar refractivity (Wildman–Crippen MR) is 253 cm³/mol. The van der Waals surface area contributed by atoms with E-state index >= 15 is 0 Å². The van der Waals surface area contributed by atoms with Crippen molar-refractivity contribution in [3.8, 4) is 0 Å². The first-order valence-electron chi connectivity index (χ1n) is 22.1. The van der Waals surface area contributed by atoms with Gasteiger partial charge in [-0.15, -0.1) is 0 Å². The maximum atomic E-state index is 2.28. The van der Waals surface area contributed by atoms with Crippen LogP contribution in [0.2, 0.25) is 0 Å². The summed E-state index contributed by atoms with van der Waals surface area (Å²) in [5.41, 5.74) is 16.2. The molecule has 3 aliphatic rings. The molecule has 0 amide bonds. The average molecular weight is 769 g/mol. The van der Waals surface area contributed by atoms with Crippen molar-refractivity contribution in [1.29, 1.82) is 0 Å². The monoisotopic (exact) mass is 769 g/mol. The van der Waals surface area contributed by atoms with Crippen LogP contribution in [0.3, 0.4) is 0 Å². The summed E-state index contributed by atoms with van der Waals surface area (Å²) in [4.78, 5) is 0. The van der Waals surface area contributed by atoms with E-state index in [1.807, 2.05) is 0 Å². The highest BCUT2D eigenvalue weighted by Crippen LogP contribution is 2.58. The minimum absolute atomic E-state index is 0.0708. The van der Waals surface area contributed by atoms with Gasteiger partial charge in [-0.1, -0.05) is 210 Å². The van der Waals surface area contributed by atoms with Gasteiger partial charge >= 0.3 is 0 Å². The molecule has 2 bridgehead atoms. The molecule has 6 aromatic rings. The molecule has 4 atom stereocenters. The number of aryl methyl sites for hydroxylation is 8. The third-order valence-electron chi connectivity index (χ3n) is 13.0. The third-order valence-corrected chi connectivity index (χ3v) is 13.0. The minimum Gasteiger partial charge on any atom is -0.0591 e. The fourth-order valence-corrected chi connectivity index (χ4v) is 9.05. The molecule has 9 rings (SSSR count). The second kappa shape index (κ2) is 21.4. The Hall–Kier alpha value is -4.68. The standard InChI is InChI=1S/C17H20.C15H16.C10H16.2C8H10/c1-13-5-9-15(10-6-13)17(3,4)16-11-7-14(2)8-12-16;1-12-3-7-14(8-4-12)11-15-9-5-13(2)6-10-15;1-2-9-7-4-5-8(6-7)10(9)3-1;2*1-7-3-5-8(2)6-4-7/h5-12H,1-4H3;3-10H,11H2,1-2H3;7-10H,1-6H2;2*3-6H,1-2H3. The average Bonchev–Trinajstić information content (AvgIpc) is 3.98. The molecule has 0 saturated heterocycles. The van der Waals surface area contributed by atoms with Gasteiger partial charge in [0.15, 0.2) is 0 Å². The van der Waals surface area contributed by atoms with Crippen LogP contribution in [-0.4, -0.2) is 0 Å². The molecule has 0 spiro atoms. The Kier molecular flexibility index (Phi) is 16.4. The van der Waals surface area contributed by atoms with E-state index in [2.05, 4.69) is 215 Å². The summed E-state index contributed by atoms with van der Waals surface area (Å²) < 4.78 is 0. The maximum Gasteiger partial charge on any atom is 0.0146 e. The molecule has 0 heterocycles. The first kappa shape index (κ1) is 44.4. The van der Waals surface area contributed by atoms with Gasteiger partial charge in [0.2, 0.25) is 0 Å². The molecule has 58 heavy (non-hydrogen) atoms. The number of hydrogen-bond acceptors (Lipinski definition) is 0. The fourth-order valence-electron chi connectivity index (χ4n) is 9.05. The highest BCUT2D eigenvalue weighted by Gasteiger charge is 2.48. The summed E-state index contributed by atoms with van der Waals surface area (Å²) in [6.07, 6.45) is 10.6. The van der Waals surface area contributed by atoms with E-state index in [9.17, 15) is 0 Å². The normalized spacial score (nSPS) is 18.5. The van der Waals surface area contributed by atoms with E-state index < -0.39 is 0 Å². The Morgan fingerprint density at radius 1 is 0.345 bits per heavy atom. The smallest absolute Gasteiger partial charge is 0.0146 e. The number of rotatable bonds is 4. The molecular weight excluding hydrogens is 697 g/mol. The van der Waals surface area contributed by atoms with Crippen LogP contribution in [0, 0.1) is 79.1 Å². The molecule has 0 radical (unpaired) electrons. The van der Waals surface area contributed by atoms with Crippen molar-refractivity contribution in [2.45, 2.75) is 120 Å². The Morgan fingerprint density at radius 2 is 0.586 bits per heavy atom. The molecule has 3 fully saturated rings. The maximum absolute atomic E-state index is 2.28. The Balaban J connectivity index is 0.000000143. The largest absolute Gasteiger partial charge is 0.0591 e. The van der Waals surface area contributed by atoms with Gasteiger partial charge < -0.3 is 0 Å². The molecule has 3 saturated carbocycles. The first-order chi connectivity index (χ1) is 27.8. The number of benzene rings is 6. The van der Waals surface area contributed by atoms with Crippen LogP contribution in [-0.2, 0) is 11.8 Å². The van der Waals surface area contributed by atoms with Gasteiger partial charge in [-0.2, -0.15) is 0 Å². The third kappa shape index (κ3) is 13.4. The van der Waals surface area contributed by atoms with Gasteiger partial charge in [-0.3, -0.25) is 0 Å². The van der Waals surface area contributed by atoms with Crippen LogP contribution >= 0.6 is 0 Å². The molecule has 304 valence electrons. The SMILES string of the molecule is C1CC2C3CCC(C3)C2C1.Cc1ccc(C(C)(C)c2ccc(C)cc2)cc1.Cc1ccc(C)cc1.Cc1ccc(C)cc1.Cc1ccc(Cc2ccc(C)cc2)cc1. The lowest BCUT2D eigenvalue weighted by atomic mass is 9.78. The number of fused-ring (bicyclic) bond motifs is 5. The van der Waals surface area contributed by atoms with Gasteiger partial charge in [0.25, 0.3) is 0 Å². The van der Waals surface area contributed by atoms with E-state index in [-0.39, 0.29) is 5.41 Å². The Labute approximate surface area is 354 Å². The minimum atomic E-state index is 0.0708. The molecule has 0 N–H and O–H groups in total. The van der Waals surface area contributed by atoms with Gasteiger partial charge in [0.05, 0.1) is 0 Å². The van der Waals surface area contributed by atoms with Crippen molar-refractivity contribution < 1.29 is 0 Å². The highest BCUT2D eigenvalue weighted by atomic mass is 14.5. The van der Waals surface area contributed by atoms with Gasteiger partial charge in [0.1, 0.15) is 0 Å². The second-order valence-electron chi connectivity index (χ2n) is 18.4. The van der Waals surface area contributed by atoms with Gasteiger partial charge in [0, 0.05) is 5.41 Å². The zero-order chi connectivity index (χ0) is 41.7. The van der Waals surface area contributed by atoms with Crippen molar-refractivity contribution in [3.63, 3.8) is 0 Å². The van der Waals surface area contributed by atoms with E-state index in [0.717, 1.165) is 6.42 Å². The summed E-state index contributed by atoms with van der Waals surface area (Å²) in [6.45, 7) is 21.4. The van der Waals surface area contributed by atoms with E-state index in [1.54, 1.807) is 38.5 Å². The first-order valence-corrected chi connectivity index (χ1v) is 22.1. The molecule has 0 nitrogen and oxygen atoms in total. The van der Waals surface area contributed by atoms with E-state index in [4.69, 9.17) is 0 Å². The summed E-state index contributed by atoms with van der Waals surface area (Å²) in [7, 11) is 0. The molecular formula is C58H72. The van der Waals surface area contributed by atoms with Crippen LogP contribution < -0.4 is 0 Å². The van der Waals surface area contributed by atoms with Crippen LogP contribution in [0.1, 0.15) is 119 Å². The summed E-state index contributed by atoms with van der Waals surface area (Å²) >= 11 is 0. The summed E-state index contributed by atoms with van der Waals surface area (Å²) in [5, 5.41) is 0. The molecule has 3 aliphatic carbocycles. The summed E-state index contributed by atoms with van der Waals surface area (Å²) in [6, 6.07) is 52.1. The lowest BCUT2D eigenvalue weighted by Crippen LogP contribution is -2.18. The van der Waals surface area contributed by atoms with Crippen molar-refractivity contribution in [3.05, 3.63) is 212 Å². The Bertz CT molecular complexity index is 1870. The van der Waals surface area contributed by atoms with Crippen LogP contribution in [0.25, 0.3) is 0 Å². The van der Waals surface area contributed by atoms with Crippen molar-refractivity contribution in [1.82, 2.24) is 0 Å².